The fourth-order valence-corrected chi connectivity index (χ4v) is 1.74. The summed E-state index contributed by atoms with van der Waals surface area (Å²) >= 11 is 0. The molecule has 0 atom stereocenters. The van der Waals surface area contributed by atoms with E-state index in [1.54, 1.807) is 6.92 Å². The molecule has 7 heteroatoms. The number of aliphatic carboxylic acids is 1. The standard InChI is InChI=1S/C10H12N4O3/c1-5-6(2)17-7(3)9(5)10-11-12-13-14(10)4-8(15)16/h4H2,1-3H3,(H,15,16). The predicted octanol–water partition coefficient (Wildman–Crippen LogP) is 0.943. The molecule has 7 nitrogen and oxygen atoms in total. The van der Waals surface area contributed by atoms with E-state index in [0.29, 0.717) is 11.6 Å². The number of carbonyl (C=O) groups is 1. The predicted molar refractivity (Wildman–Crippen MR) is 57.4 cm³/mol. The Labute approximate surface area is 97.0 Å². The van der Waals surface area contributed by atoms with Gasteiger partial charge < -0.3 is 9.52 Å². The molecule has 2 rings (SSSR count). The molecule has 0 fully saturated rings. The van der Waals surface area contributed by atoms with Crippen LogP contribution in [0.3, 0.4) is 0 Å². The molecule has 0 bridgehead atoms. The van der Waals surface area contributed by atoms with E-state index in [1.807, 2.05) is 13.8 Å². The minimum atomic E-state index is -0.992. The van der Waals surface area contributed by atoms with Gasteiger partial charge in [-0.1, -0.05) is 0 Å². The van der Waals surface area contributed by atoms with Crippen LogP contribution in [-0.4, -0.2) is 31.3 Å². The second-order valence-corrected chi connectivity index (χ2v) is 3.77. The number of carboxylic acids is 1. The summed E-state index contributed by atoms with van der Waals surface area (Å²) in [5.41, 5.74) is 1.68. The summed E-state index contributed by atoms with van der Waals surface area (Å²) < 4.78 is 6.72. The second-order valence-electron chi connectivity index (χ2n) is 3.77. The fraction of sp³-hybridized carbons (Fsp3) is 0.400. The van der Waals surface area contributed by atoms with Crippen molar-refractivity contribution in [2.45, 2.75) is 27.3 Å². The molecule has 2 heterocycles. The highest BCUT2D eigenvalue weighted by atomic mass is 16.4. The first-order valence-corrected chi connectivity index (χ1v) is 5.05. The monoisotopic (exact) mass is 236 g/mol. The van der Waals surface area contributed by atoms with E-state index >= 15 is 0 Å². The molecule has 90 valence electrons. The van der Waals surface area contributed by atoms with Crippen LogP contribution in [-0.2, 0) is 11.3 Å². The van der Waals surface area contributed by atoms with Gasteiger partial charge in [0.05, 0.1) is 5.56 Å². The molecule has 0 amide bonds. The summed E-state index contributed by atoms with van der Waals surface area (Å²) in [6, 6.07) is 0. The summed E-state index contributed by atoms with van der Waals surface area (Å²) in [6.45, 7) is 5.26. The lowest BCUT2D eigenvalue weighted by Crippen LogP contribution is -2.12. The van der Waals surface area contributed by atoms with E-state index in [4.69, 9.17) is 9.52 Å². The summed E-state index contributed by atoms with van der Waals surface area (Å²) in [5.74, 6) is 0.886. The Balaban J connectivity index is 2.53. The maximum absolute atomic E-state index is 10.7. The van der Waals surface area contributed by atoms with Crippen LogP contribution in [0.5, 0.6) is 0 Å². The Hall–Kier alpha value is -2.18. The summed E-state index contributed by atoms with van der Waals surface area (Å²) in [5, 5.41) is 19.8. The Morgan fingerprint density at radius 2 is 2.06 bits per heavy atom. The summed E-state index contributed by atoms with van der Waals surface area (Å²) in [7, 11) is 0. The molecule has 0 aliphatic carbocycles. The molecule has 0 aromatic carbocycles. The molecule has 2 aromatic heterocycles. The van der Waals surface area contributed by atoms with E-state index in [2.05, 4.69) is 15.5 Å². The maximum atomic E-state index is 10.7. The van der Waals surface area contributed by atoms with Crippen molar-refractivity contribution in [2.24, 2.45) is 0 Å². The Morgan fingerprint density at radius 1 is 1.35 bits per heavy atom. The topological polar surface area (TPSA) is 94.0 Å². The highest BCUT2D eigenvalue weighted by molar-refractivity contribution is 5.69. The number of hydrogen-bond acceptors (Lipinski definition) is 5. The van der Waals surface area contributed by atoms with E-state index in [1.165, 1.54) is 4.68 Å². The zero-order valence-corrected chi connectivity index (χ0v) is 9.76. The first-order valence-electron chi connectivity index (χ1n) is 5.05. The fourth-order valence-electron chi connectivity index (χ4n) is 1.74. The van der Waals surface area contributed by atoms with Crippen LogP contribution in [0.15, 0.2) is 4.42 Å². The molecule has 0 saturated carbocycles. The van der Waals surface area contributed by atoms with Gasteiger partial charge in [0, 0.05) is 5.56 Å². The van der Waals surface area contributed by atoms with Crippen LogP contribution in [0.4, 0.5) is 0 Å². The molecule has 1 N–H and O–H groups in total. The summed E-state index contributed by atoms with van der Waals surface area (Å²) in [6.07, 6.45) is 0. The Morgan fingerprint density at radius 3 is 2.59 bits per heavy atom. The molecule has 0 spiro atoms. The van der Waals surface area contributed by atoms with E-state index in [9.17, 15) is 4.79 Å². The van der Waals surface area contributed by atoms with Gasteiger partial charge in [-0.25, -0.2) is 4.68 Å². The molecule has 2 aromatic rings. The third-order valence-electron chi connectivity index (χ3n) is 2.60. The Bertz CT molecular complexity index is 570. The molecule has 0 aliphatic rings. The third-order valence-corrected chi connectivity index (χ3v) is 2.60. The van der Waals surface area contributed by atoms with Gasteiger partial charge in [-0.3, -0.25) is 4.79 Å². The van der Waals surface area contributed by atoms with Gasteiger partial charge in [0.2, 0.25) is 0 Å². The number of rotatable bonds is 3. The molecule has 0 radical (unpaired) electrons. The van der Waals surface area contributed by atoms with Gasteiger partial charge in [-0.2, -0.15) is 0 Å². The number of tetrazole rings is 1. The lowest BCUT2D eigenvalue weighted by atomic mass is 10.1. The van der Waals surface area contributed by atoms with Crippen molar-refractivity contribution >= 4 is 5.97 Å². The van der Waals surface area contributed by atoms with E-state index < -0.39 is 5.97 Å². The van der Waals surface area contributed by atoms with Crippen molar-refractivity contribution in [1.29, 1.82) is 0 Å². The first-order chi connectivity index (χ1) is 8.00. The number of aryl methyl sites for hydroxylation is 2. The van der Waals surface area contributed by atoms with Crippen LogP contribution in [0, 0.1) is 20.8 Å². The van der Waals surface area contributed by atoms with Crippen LogP contribution in [0.25, 0.3) is 11.4 Å². The molecule has 0 saturated heterocycles. The SMILES string of the molecule is Cc1oc(C)c(-c2nnnn2CC(=O)O)c1C. The maximum Gasteiger partial charge on any atom is 0.325 e. The van der Waals surface area contributed by atoms with Gasteiger partial charge in [-0.05, 0) is 31.2 Å². The number of furan rings is 1. The normalized spacial score (nSPS) is 10.8. The largest absolute Gasteiger partial charge is 0.480 e. The van der Waals surface area contributed by atoms with Crippen LogP contribution < -0.4 is 0 Å². The lowest BCUT2D eigenvalue weighted by molar-refractivity contribution is -0.137. The highest BCUT2D eigenvalue weighted by Gasteiger charge is 2.20. The third kappa shape index (κ3) is 1.91. The van der Waals surface area contributed by atoms with Crippen LogP contribution in [0.2, 0.25) is 0 Å². The molecule has 17 heavy (non-hydrogen) atoms. The van der Waals surface area contributed by atoms with Crippen molar-refractivity contribution in [3.05, 3.63) is 17.1 Å². The second kappa shape index (κ2) is 4.00. The zero-order chi connectivity index (χ0) is 12.6. The molecular formula is C10H12N4O3. The average Bonchev–Trinajstić information content (AvgIpc) is 2.73. The van der Waals surface area contributed by atoms with Crippen molar-refractivity contribution in [3.63, 3.8) is 0 Å². The van der Waals surface area contributed by atoms with Crippen molar-refractivity contribution in [2.75, 3.05) is 0 Å². The van der Waals surface area contributed by atoms with Gasteiger partial charge in [0.25, 0.3) is 0 Å². The van der Waals surface area contributed by atoms with E-state index in [-0.39, 0.29) is 6.54 Å². The van der Waals surface area contributed by atoms with Crippen LogP contribution >= 0.6 is 0 Å². The smallest absolute Gasteiger partial charge is 0.325 e. The lowest BCUT2D eigenvalue weighted by Gasteiger charge is -2.01. The first kappa shape index (κ1) is 11.3. The number of hydrogen-bond donors (Lipinski definition) is 1. The minimum absolute atomic E-state index is 0.272. The highest BCUT2D eigenvalue weighted by Crippen LogP contribution is 2.29. The molecule has 0 unspecified atom stereocenters. The van der Waals surface area contributed by atoms with Gasteiger partial charge in [0.15, 0.2) is 5.82 Å². The Kier molecular flexibility index (Phi) is 2.66. The zero-order valence-electron chi connectivity index (χ0n) is 9.76. The number of carboxylic acid groups (broad SMARTS) is 1. The van der Waals surface area contributed by atoms with Crippen molar-refractivity contribution in [3.8, 4) is 11.4 Å². The summed E-state index contributed by atoms with van der Waals surface area (Å²) in [4.78, 5) is 10.7. The van der Waals surface area contributed by atoms with Gasteiger partial charge in [0.1, 0.15) is 18.1 Å². The van der Waals surface area contributed by atoms with Crippen LogP contribution in [0.1, 0.15) is 17.1 Å². The van der Waals surface area contributed by atoms with E-state index in [0.717, 1.165) is 16.9 Å². The number of nitrogens with zero attached hydrogens (tertiary/aromatic N) is 4. The quantitative estimate of drug-likeness (QED) is 0.852. The van der Waals surface area contributed by atoms with Gasteiger partial charge in [-0.15, -0.1) is 5.10 Å². The van der Waals surface area contributed by atoms with Crippen molar-refractivity contribution < 1.29 is 14.3 Å². The minimum Gasteiger partial charge on any atom is -0.480 e. The van der Waals surface area contributed by atoms with Gasteiger partial charge >= 0.3 is 5.97 Å². The molecule has 0 aliphatic heterocycles. The molecular weight excluding hydrogens is 224 g/mol. The van der Waals surface area contributed by atoms with Crippen molar-refractivity contribution in [1.82, 2.24) is 20.2 Å². The average molecular weight is 236 g/mol. The number of aromatic nitrogens is 4.